The van der Waals surface area contributed by atoms with Crippen molar-refractivity contribution in [3.8, 4) is 0 Å². The van der Waals surface area contributed by atoms with Gasteiger partial charge in [-0.1, -0.05) is 26.7 Å². The summed E-state index contributed by atoms with van der Waals surface area (Å²) in [5.41, 5.74) is 2.06. The Morgan fingerprint density at radius 3 is 2.25 bits per heavy atom. The summed E-state index contributed by atoms with van der Waals surface area (Å²) in [4.78, 5) is 11.1. The molecule has 0 aromatic carbocycles. The summed E-state index contributed by atoms with van der Waals surface area (Å²) < 4.78 is 0. The quantitative estimate of drug-likeness (QED) is 0.794. The molecule has 1 N–H and O–H groups in total. The zero-order valence-electron chi connectivity index (χ0n) is 13.8. The fourth-order valence-electron chi connectivity index (χ4n) is 2.84. The Morgan fingerprint density at radius 1 is 1.15 bits per heavy atom. The number of rotatable bonds is 8. The largest absolute Gasteiger partial charge is 0.307 e. The van der Waals surface area contributed by atoms with Gasteiger partial charge >= 0.3 is 0 Å². The average Bonchev–Trinajstić information content (AvgIpc) is 2.43. The van der Waals surface area contributed by atoms with Crippen molar-refractivity contribution in [1.82, 2.24) is 20.2 Å². The Morgan fingerprint density at radius 2 is 1.75 bits per heavy atom. The Balaban J connectivity index is 2.66. The molecule has 1 heterocycles. The molecule has 1 aromatic heterocycles. The van der Waals surface area contributed by atoms with Gasteiger partial charge in [-0.3, -0.25) is 9.97 Å². The zero-order chi connectivity index (χ0) is 15.1. The van der Waals surface area contributed by atoms with E-state index in [1.165, 1.54) is 12.8 Å². The molecule has 2 unspecified atom stereocenters. The lowest BCUT2D eigenvalue weighted by atomic mass is 9.93. The Bertz CT molecular complexity index is 388. The third-order valence-electron chi connectivity index (χ3n) is 4.22. The number of likely N-dealkylation sites (N-methyl/N-ethyl adjacent to an activating group) is 1. The van der Waals surface area contributed by atoms with Crippen molar-refractivity contribution in [3.63, 3.8) is 0 Å². The van der Waals surface area contributed by atoms with Crippen LogP contribution < -0.4 is 5.32 Å². The van der Waals surface area contributed by atoms with Crippen LogP contribution in [0.3, 0.4) is 0 Å². The Kier molecular flexibility index (Phi) is 7.10. The highest BCUT2D eigenvalue weighted by Crippen LogP contribution is 2.18. The second-order valence-corrected chi connectivity index (χ2v) is 5.76. The van der Waals surface area contributed by atoms with E-state index in [2.05, 4.69) is 55.1 Å². The fourth-order valence-corrected chi connectivity index (χ4v) is 2.84. The van der Waals surface area contributed by atoms with Crippen LogP contribution in [0.1, 0.15) is 51.0 Å². The minimum atomic E-state index is 0.237. The third-order valence-corrected chi connectivity index (χ3v) is 4.22. The summed E-state index contributed by atoms with van der Waals surface area (Å²) in [5.74, 6) is 0.729. The topological polar surface area (TPSA) is 41.1 Å². The number of nitrogens with one attached hydrogen (secondary N) is 1. The van der Waals surface area contributed by atoms with Gasteiger partial charge in [-0.2, -0.15) is 0 Å². The molecular formula is C16H30N4. The first-order valence-electron chi connectivity index (χ1n) is 7.68. The summed E-state index contributed by atoms with van der Waals surface area (Å²) in [6, 6.07) is 0.796. The van der Waals surface area contributed by atoms with Gasteiger partial charge < -0.3 is 10.2 Å². The smallest absolute Gasteiger partial charge is 0.0782 e. The molecule has 0 saturated heterocycles. The summed E-state index contributed by atoms with van der Waals surface area (Å²) >= 11 is 0. The molecule has 2 atom stereocenters. The van der Waals surface area contributed by atoms with Crippen LogP contribution >= 0.6 is 0 Å². The van der Waals surface area contributed by atoms with Gasteiger partial charge in [0.15, 0.2) is 0 Å². The number of nitrogens with zero attached hydrogens (tertiary/aromatic N) is 3. The molecule has 0 aliphatic carbocycles. The molecule has 0 aliphatic heterocycles. The fraction of sp³-hybridized carbons (Fsp3) is 0.750. The van der Waals surface area contributed by atoms with Crippen LogP contribution in [0.15, 0.2) is 12.4 Å². The van der Waals surface area contributed by atoms with Gasteiger partial charge in [-0.25, -0.2) is 0 Å². The lowest BCUT2D eigenvalue weighted by molar-refractivity contribution is 0.190. The molecule has 4 nitrogen and oxygen atoms in total. The Hall–Kier alpha value is -1.00. The molecule has 0 radical (unpaired) electrons. The van der Waals surface area contributed by atoms with E-state index in [1.807, 2.05) is 6.92 Å². The zero-order valence-corrected chi connectivity index (χ0v) is 13.8. The summed E-state index contributed by atoms with van der Waals surface area (Å²) in [6.07, 6.45) is 5.96. The maximum absolute atomic E-state index is 4.45. The molecule has 1 aromatic rings. The predicted octanol–water partition coefficient (Wildman–Crippen LogP) is 2.80. The van der Waals surface area contributed by atoms with Crippen molar-refractivity contribution in [1.29, 1.82) is 0 Å². The molecule has 0 spiro atoms. The van der Waals surface area contributed by atoms with Gasteiger partial charge in [0.05, 0.1) is 11.4 Å². The van der Waals surface area contributed by atoms with Crippen LogP contribution in [-0.2, 0) is 0 Å². The summed E-state index contributed by atoms with van der Waals surface area (Å²) in [7, 11) is 4.34. The highest BCUT2D eigenvalue weighted by molar-refractivity contribution is 5.12. The van der Waals surface area contributed by atoms with Crippen molar-refractivity contribution in [3.05, 3.63) is 23.8 Å². The van der Waals surface area contributed by atoms with Crippen LogP contribution in [-0.4, -0.2) is 41.5 Å². The van der Waals surface area contributed by atoms with Crippen molar-refractivity contribution in [2.45, 2.75) is 52.6 Å². The van der Waals surface area contributed by atoms with Gasteiger partial charge in [-0.05, 0) is 33.9 Å². The first-order chi connectivity index (χ1) is 9.51. The van der Waals surface area contributed by atoms with Crippen molar-refractivity contribution < 1.29 is 0 Å². The Labute approximate surface area is 124 Å². The normalized spacial score (nSPS) is 14.8. The lowest BCUT2D eigenvalue weighted by Crippen LogP contribution is -2.43. The van der Waals surface area contributed by atoms with E-state index in [0.29, 0.717) is 6.04 Å². The van der Waals surface area contributed by atoms with Gasteiger partial charge in [0.25, 0.3) is 0 Å². The van der Waals surface area contributed by atoms with Crippen LogP contribution in [0, 0.1) is 12.8 Å². The second kappa shape index (κ2) is 8.32. The molecular weight excluding hydrogens is 248 g/mol. The first kappa shape index (κ1) is 17.1. The molecule has 0 saturated carbocycles. The highest BCUT2D eigenvalue weighted by Gasteiger charge is 2.21. The second-order valence-electron chi connectivity index (χ2n) is 5.76. The van der Waals surface area contributed by atoms with E-state index in [9.17, 15) is 0 Å². The highest BCUT2D eigenvalue weighted by atomic mass is 15.1. The predicted molar refractivity (Wildman–Crippen MR) is 84.7 cm³/mol. The van der Waals surface area contributed by atoms with E-state index < -0.39 is 0 Å². The van der Waals surface area contributed by atoms with Crippen LogP contribution in [0.2, 0.25) is 0 Å². The van der Waals surface area contributed by atoms with E-state index in [4.69, 9.17) is 0 Å². The van der Waals surface area contributed by atoms with Crippen molar-refractivity contribution >= 4 is 0 Å². The molecule has 4 heteroatoms. The maximum Gasteiger partial charge on any atom is 0.0782 e. The minimum absolute atomic E-state index is 0.237. The first-order valence-corrected chi connectivity index (χ1v) is 7.68. The average molecular weight is 278 g/mol. The van der Waals surface area contributed by atoms with Crippen molar-refractivity contribution in [2.75, 3.05) is 20.6 Å². The number of hydrogen-bond acceptors (Lipinski definition) is 4. The van der Waals surface area contributed by atoms with E-state index in [0.717, 1.165) is 23.9 Å². The molecule has 0 fully saturated rings. The molecule has 114 valence electrons. The van der Waals surface area contributed by atoms with Gasteiger partial charge in [0.2, 0.25) is 0 Å². The van der Waals surface area contributed by atoms with Crippen LogP contribution in [0.4, 0.5) is 0 Å². The summed E-state index contributed by atoms with van der Waals surface area (Å²) in [6.45, 7) is 9.72. The van der Waals surface area contributed by atoms with Crippen LogP contribution in [0.5, 0.6) is 0 Å². The third kappa shape index (κ3) is 4.53. The summed E-state index contributed by atoms with van der Waals surface area (Å²) in [5, 5.41) is 3.63. The number of hydrogen-bond donors (Lipinski definition) is 1. The van der Waals surface area contributed by atoms with Crippen molar-refractivity contribution in [2.24, 2.45) is 5.92 Å². The molecule has 0 bridgehead atoms. The van der Waals surface area contributed by atoms with E-state index >= 15 is 0 Å². The SMILES string of the molecule is CCC(CC)C(CNC(C)c1nccnc1C)N(C)C. The molecule has 20 heavy (non-hydrogen) atoms. The van der Waals surface area contributed by atoms with Crippen LogP contribution in [0.25, 0.3) is 0 Å². The van der Waals surface area contributed by atoms with E-state index in [-0.39, 0.29) is 6.04 Å². The molecule has 0 aliphatic rings. The number of aryl methyl sites for hydroxylation is 1. The standard InChI is InChI=1S/C16H30N4/c1-7-14(8-2)15(20(5)6)11-19-13(4)16-12(3)17-9-10-18-16/h9-10,13-15,19H,7-8,11H2,1-6H3. The van der Waals surface area contributed by atoms with Gasteiger partial charge in [0, 0.05) is 31.0 Å². The lowest BCUT2D eigenvalue weighted by Gasteiger charge is -2.32. The monoisotopic (exact) mass is 278 g/mol. The van der Waals surface area contributed by atoms with Gasteiger partial charge in [-0.15, -0.1) is 0 Å². The van der Waals surface area contributed by atoms with E-state index in [1.54, 1.807) is 12.4 Å². The molecule has 0 amide bonds. The maximum atomic E-state index is 4.45. The minimum Gasteiger partial charge on any atom is -0.307 e. The van der Waals surface area contributed by atoms with Gasteiger partial charge in [0.1, 0.15) is 0 Å². The molecule has 1 rings (SSSR count). The number of aromatic nitrogens is 2.